The molecule has 0 radical (unpaired) electrons. The van der Waals surface area contributed by atoms with Crippen LogP contribution in [0, 0.1) is 17.8 Å². The number of esters is 2. The Balaban J connectivity index is 2.07. The molecule has 5 heteroatoms. The van der Waals surface area contributed by atoms with Crippen LogP contribution < -0.4 is 0 Å². The first-order chi connectivity index (χ1) is 17.6. The Morgan fingerprint density at radius 3 is 1.53 bits per heavy atom. The van der Waals surface area contributed by atoms with Crippen molar-refractivity contribution in [2.24, 2.45) is 17.8 Å². The maximum Gasteiger partial charge on any atom is 0.309 e. The van der Waals surface area contributed by atoms with Crippen LogP contribution in [0.15, 0.2) is 0 Å². The van der Waals surface area contributed by atoms with Gasteiger partial charge in [-0.3, -0.25) is 9.59 Å². The molecular formula is C31H58O5. The van der Waals surface area contributed by atoms with Crippen molar-refractivity contribution in [1.82, 2.24) is 0 Å². The van der Waals surface area contributed by atoms with Gasteiger partial charge in [-0.2, -0.15) is 0 Å². The van der Waals surface area contributed by atoms with E-state index >= 15 is 0 Å². The Bertz CT molecular complexity index is 535. The minimum Gasteiger partial charge on any atom is -0.465 e. The number of methoxy groups -OCH3 is 1. The molecule has 0 aromatic heterocycles. The Morgan fingerprint density at radius 2 is 1.06 bits per heavy atom. The smallest absolute Gasteiger partial charge is 0.309 e. The minimum atomic E-state index is -0.336. The highest BCUT2D eigenvalue weighted by Gasteiger charge is 2.37. The van der Waals surface area contributed by atoms with Gasteiger partial charge in [0, 0.05) is 13.7 Å². The highest BCUT2D eigenvalue weighted by atomic mass is 16.5. The summed E-state index contributed by atoms with van der Waals surface area (Å²) >= 11 is 0. The Labute approximate surface area is 222 Å². The molecule has 3 atom stereocenters. The largest absolute Gasteiger partial charge is 0.465 e. The van der Waals surface area contributed by atoms with E-state index in [9.17, 15) is 9.59 Å². The lowest BCUT2D eigenvalue weighted by atomic mass is 9.79. The third kappa shape index (κ3) is 16.6. The maximum atomic E-state index is 12.7. The molecule has 0 aromatic carbocycles. The topological polar surface area (TPSA) is 61.8 Å². The summed E-state index contributed by atoms with van der Waals surface area (Å²) in [5, 5.41) is 0. The lowest BCUT2D eigenvalue weighted by Gasteiger charge is -2.28. The van der Waals surface area contributed by atoms with E-state index in [1.54, 1.807) is 7.11 Å². The molecule has 0 bridgehead atoms. The SMILES string of the molecule is CCCCCCCCCCCCCCCCOC(=O)C1CCCCC1C(=O)OCCC(C)CCOC. The van der Waals surface area contributed by atoms with Crippen LogP contribution in [0.5, 0.6) is 0 Å². The fraction of sp³-hybridized carbons (Fsp3) is 0.935. The molecule has 3 unspecified atom stereocenters. The van der Waals surface area contributed by atoms with Gasteiger partial charge in [-0.15, -0.1) is 0 Å². The second-order valence-electron chi connectivity index (χ2n) is 11.1. The van der Waals surface area contributed by atoms with E-state index in [-0.39, 0.29) is 23.8 Å². The van der Waals surface area contributed by atoms with Crippen molar-refractivity contribution in [3.05, 3.63) is 0 Å². The van der Waals surface area contributed by atoms with Gasteiger partial charge >= 0.3 is 11.9 Å². The van der Waals surface area contributed by atoms with Crippen LogP contribution in [-0.4, -0.2) is 38.9 Å². The van der Waals surface area contributed by atoms with E-state index in [2.05, 4.69) is 13.8 Å². The Morgan fingerprint density at radius 1 is 0.639 bits per heavy atom. The van der Waals surface area contributed by atoms with Crippen LogP contribution in [0.4, 0.5) is 0 Å². The number of hydrogen-bond donors (Lipinski definition) is 0. The summed E-state index contributed by atoms with van der Waals surface area (Å²) in [5.41, 5.74) is 0. The number of ether oxygens (including phenoxy) is 3. The molecule has 0 spiro atoms. The predicted octanol–water partition coefficient (Wildman–Crippen LogP) is 8.42. The zero-order chi connectivity index (χ0) is 26.3. The van der Waals surface area contributed by atoms with E-state index in [1.807, 2.05) is 0 Å². The molecule has 212 valence electrons. The molecule has 0 heterocycles. The van der Waals surface area contributed by atoms with Crippen molar-refractivity contribution in [3.63, 3.8) is 0 Å². The fourth-order valence-corrected chi connectivity index (χ4v) is 5.20. The quantitative estimate of drug-likeness (QED) is 0.102. The first-order valence-electron chi connectivity index (χ1n) is 15.4. The average Bonchev–Trinajstić information content (AvgIpc) is 2.89. The van der Waals surface area contributed by atoms with Gasteiger partial charge in [0.2, 0.25) is 0 Å². The molecular weight excluding hydrogens is 452 g/mol. The van der Waals surface area contributed by atoms with Crippen molar-refractivity contribution in [3.8, 4) is 0 Å². The van der Waals surface area contributed by atoms with Crippen molar-refractivity contribution in [2.75, 3.05) is 26.9 Å². The monoisotopic (exact) mass is 510 g/mol. The summed E-state index contributed by atoms with van der Waals surface area (Å²) in [7, 11) is 1.70. The van der Waals surface area contributed by atoms with Crippen LogP contribution >= 0.6 is 0 Å². The van der Waals surface area contributed by atoms with E-state index in [0.29, 0.717) is 19.1 Å². The summed E-state index contributed by atoms with van der Waals surface area (Å²) in [5.74, 6) is -0.623. The standard InChI is InChI=1S/C31H58O5/c1-4-5-6-7-8-9-10-11-12-13-14-15-16-19-24-35-30(32)28-20-17-18-21-29(28)31(33)36-26-23-27(2)22-25-34-3/h27-29H,4-26H2,1-3H3. The third-order valence-electron chi connectivity index (χ3n) is 7.78. The molecule has 1 rings (SSSR count). The summed E-state index contributed by atoms with van der Waals surface area (Å²) in [6, 6.07) is 0. The summed E-state index contributed by atoms with van der Waals surface area (Å²) in [4.78, 5) is 25.4. The highest BCUT2D eigenvalue weighted by molar-refractivity contribution is 5.82. The molecule has 1 saturated carbocycles. The number of carbonyl (C=O) groups excluding carboxylic acids is 2. The van der Waals surface area contributed by atoms with E-state index in [1.165, 1.54) is 77.0 Å². The molecule has 1 aliphatic rings. The number of unbranched alkanes of at least 4 members (excludes halogenated alkanes) is 13. The van der Waals surface area contributed by atoms with Gasteiger partial charge in [0.25, 0.3) is 0 Å². The molecule has 36 heavy (non-hydrogen) atoms. The summed E-state index contributed by atoms with van der Waals surface area (Å²) in [6.45, 7) is 6.04. The molecule has 0 aliphatic heterocycles. The lowest BCUT2D eigenvalue weighted by molar-refractivity contribution is -0.163. The zero-order valence-corrected chi connectivity index (χ0v) is 24.0. The second-order valence-corrected chi connectivity index (χ2v) is 11.1. The molecule has 1 fully saturated rings. The molecule has 0 N–H and O–H groups in total. The van der Waals surface area contributed by atoms with Gasteiger partial charge < -0.3 is 14.2 Å². The molecule has 1 aliphatic carbocycles. The number of hydrogen-bond acceptors (Lipinski definition) is 5. The number of rotatable bonds is 23. The maximum absolute atomic E-state index is 12.7. The van der Waals surface area contributed by atoms with Gasteiger partial charge in [-0.05, 0) is 38.0 Å². The van der Waals surface area contributed by atoms with Gasteiger partial charge in [-0.25, -0.2) is 0 Å². The van der Waals surface area contributed by atoms with Crippen molar-refractivity contribution in [1.29, 1.82) is 0 Å². The van der Waals surface area contributed by atoms with E-state index in [4.69, 9.17) is 14.2 Å². The zero-order valence-electron chi connectivity index (χ0n) is 24.0. The summed E-state index contributed by atoms with van der Waals surface area (Å²) in [6.07, 6.45) is 23.6. The van der Waals surface area contributed by atoms with E-state index in [0.717, 1.165) is 58.0 Å². The van der Waals surface area contributed by atoms with Gasteiger partial charge in [0.15, 0.2) is 0 Å². The highest BCUT2D eigenvalue weighted by Crippen LogP contribution is 2.32. The molecule has 0 saturated heterocycles. The van der Waals surface area contributed by atoms with Crippen LogP contribution in [0.1, 0.15) is 142 Å². The predicted molar refractivity (Wildman–Crippen MR) is 148 cm³/mol. The third-order valence-corrected chi connectivity index (χ3v) is 7.78. The van der Waals surface area contributed by atoms with Crippen molar-refractivity contribution >= 4 is 11.9 Å². The molecule has 0 amide bonds. The van der Waals surface area contributed by atoms with Gasteiger partial charge in [0.1, 0.15) is 0 Å². The number of carbonyl (C=O) groups is 2. The van der Waals surface area contributed by atoms with E-state index < -0.39 is 0 Å². The Kier molecular flexibility index (Phi) is 21.1. The first kappa shape index (κ1) is 32.9. The van der Waals surface area contributed by atoms with Gasteiger partial charge in [-0.1, -0.05) is 110 Å². The normalized spacial score (nSPS) is 18.6. The van der Waals surface area contributed by atoms with Crippen molar-refractivity contribution in [2.45, 2.75) is 142 Å². The average molecular weight is 511 g/mol. The van der Waals surface area contributed by atoms with Gasteiger partial charge in [0.05, 0.1) is 25.0 Å². The summed E-state index contributed by atoms with van der Waals surface area (Å²) < 4.78 is 16.3. The Hall–Kier alpha value is -1.10. The first-order valence-corrected chi connectivity index (χ1v) is 15.4. The molecule has 5 nitrogen and oxygen atoms in total. The lowest BCUT2D eigenvalue weighted by Crippen LogP contribution is -2.35. The van der Waals surface area contributed by atoms with Crippen LogP contribution in [-0.2, 0) is 23.8 Å². The minimum absolute atomic E-state index is 0.195. The van der Waals surface area contributed by atoms with Crippen molar-refractivity contribution < 1.29 is 23.8 Å². The van der Waals surface area contributed by atoms with Crippen LogP contribution in [0.25, 0.3) is 0 Å². The molecule has 0 aromatic rings. The second kappa shape index (κ2) is 23.0. The van der Waals surface area contributed by atoms with Crippen LogP contribution in [0.2, 0.25) is 0 Å². The fourth-order valence-electron chi connectivity index (χ4n) is 5.20. The van der Waals surface area contributed by atoms with Crippen LogP contribution in [0.3, 0.4) is 0 Å².